The molecule has 1 rings (SSSR count). The molecule has 1 aliphatic rings. The van der Waals surface area contributed by atoms with E-state index in [1.165, 1.54) is 0 Å². The highest BCUT2D eigenvalue weighted by molar-refractivity contribution is 4.93. The fourth-order valence-corrected chi connectivity index (χ4v) is 0.501. The Kier molecular flexibility index (Phi) is 2.76. The molecule has 0 N–H and O–H groups in total. The Morgan fingerprint density at radius 3 is 2.55 bits per heavy atom. The minimum Gasteiger partial charge on any atom is -0.487 e. The number of hydrogen-bond donors (Lipinski definition) is 0. The van der Waals surface area contributed by atoms with Gasteiger partial charge in [-0.25, -0.2) is 4.39 Å². The average molecular weight is 168 g/mol. The van der Waals surface area contributed by atoms with Crippen LogP contribution in [0.5, 0.6) is 0 Å². The van der Waals surface area contributed by atoms with Crippen LogP contribution < -0.4 is 0 Å². The van der Waals surface area contributed by atoms with Crippen molar-refractivity contribution >= 4 is 0 Å². The second-order valence-corrected chi connectivity index (χ2v) is 2.08. The Labute approximate surface area is 61.6 Å². The molecule has 1 atom stereocenters. The molecular weight excluding hydrogens is 161 g/mol. The van der Waals surface area contributed by atoms with E-state index in [-0.39, 0.29) is 12.7 Å². The van der Waals surface area contributed by atoms with Crippen molar-refractivity contribution in [3.05, 3.63) is 11.8 Å². The maximum absolute atomic E-state index is 11.7. The molecule has 0 spiro atoms. The fraction of sp³-hybridized carbons (Fsp3) is 0.667. The lowest BCUT2D eigenvalue weighted by atomic mass is 10.5. The zero-order valence-electron chi connectivity index (χ0n) is 5.65. The predicted octanol–water partition coefficient (Wildman–Crippen LogP) is 1.48. The van der Waals surface area contributed by atoms with Crippen molar-refractivity contribution < 1.29 is 22.6 Å². The van der Waals surface area contributed by atoms with Crippen LogP contribution in [0.25, 0.3) is 0 Å². The summed E-state index contributed by atoms with van der Waals surface area (Å²) < 4.78 is 44.0. The summed E-state index contributed by atoms with van der Waals surface area (Å²) in [6, 6.07) is 0. The van der Waals surface area contributed by atoms with E-state index in [0.29, 0.717) is 6.61 Å². The van der Waals surface area contributed by atoms with Crippen LogP contribution in [0.3, 0.4) is 0 Å². The number of ether oxygens (including phenoxy) is 2. The second kappa shape index (κ2) is 3.61. The molecule has 0 amide bonds. The van der Waals surface area contributed by atoms with Crippen molar-refractivity contribution in [1.82, 2.24) is 0 Å². The number of halogens is 3. The Bertz CT molecular complexity index is 161. The maximum atomic E-state index is 11.7. The Hall–Kier alpha value is -0.710. The van der Waals surface area contributed by atoms with Gasteiger partial charge in [0.1, 0.15) is 12.7 Å². The summed E-state index contributed by atoms with van der Waals surface area (Å²) in [6.45, 7) is -0.751. The van der Waals surface area contributed by atoms with E-state index in [9.17, 15) is 13.2 Å². The van der Waals surface area contributed by atoms with Crippen LogP contribution in [0.4, 0.5) is 13.2 Å². The van der Waals surface area contributed by atoms with Gasteiger partial charge in [-0.1, -0.05) is 0 Å². The summed E-state index contributed by atoms with van der Waals surface area (Å²) in [4.78, 5) is 0. The summed E-state index contributed by atoms with van der Waals surface area (Å²) in [7, 11) is 0. The van der Waals surface area contributed by atoms with Crippen LogP contribution >= 0.6 is 0 Å². The summed E-state index contributed by atoms with van der Waals surface area (Å²) in [5.41, 5.74) is 0. The molecule has 1 saturated heterocycles. The van der Waals surface area contributed by atoms with Gasteiger partial charge in [0.25, 0.3) is 0 Å². The molecule has 0 saturated carbocycles. The lowest BCUT2D eigenvalue weighted by molar-refractivity contribution is 0.146. The molecule has 11 heavy (non-hydrogen) atoms. The lowest BCUT2D eigenvalue weighted by Crippen LogP contribution is -2.03. The van der Waals surface area contributed by atoms with Gasteiger partial charge >= 0.3 is 6.08 Å². The SMILES string of the molecule is FCC(OCC1CO1)=C(F)F. The smallest absolute Gasteiger partial charge is 0.310 e. The first-order valence-electron chi connectivity index (χ1n) is 3.08. The van der Waals surface area contributed by atoms with E-state index in [1.807, 2.05) is 0 Å². The Balaban J connectivity index is 2.25. The Morgan fingerprint density at radius 2 is 2.18 bits per heavy atom. The molecule has 1 unspecified atom stereocenters. The first-order valence-corrected chi connectivity index (χ1v) is 3.08. The summed E-state index contributed by atoms with van der Waals surface area (Å²) >= 11 is 0. The van der Waals surface area contributed by atoms with Crippen molar-refractivity contribution in [2.45, 2.75) is 6.10 Å². The zero-order valence-corrected chi connectivity index (χ0v) is 5.65. The van der Waals surface area contributed by atoms with E-state index in [0.717, 1.165) is 0 Å². The number of allylic oxidation sites excluding steroid dienone is 1. The van der Waals surface area contributed by atoms with Gasteiger partial charge in [0.05, 0.1) is 6.61 Å². The van der Waals surface area contributed by atoms with Crippen molar-refractivity contribution in [3.63, 3.8) is 0 Å². The van der Waals surface area contributed by atoms with Gasteiger partial charge in [0.15, 0.2) is 12.4 Å². The van der Waals surface area contributed by atoms with Crippen LogP contribution in [0.2, 0.25) is 0 Å². The molecule has 0 aliphatic carbocycles. The van der Waals surface area contributed by atoms with Crippen LogP contribution in [0.1, 0.15) is 0 Å². The highest BCUT2D eigenvalue weighted by atomic mass is 19.3. The van der Waals surface area contributed by atoms with Gasteiger partial charge in [0, 0.05) is 0 Å². The van der Waals surface area contributed by atoms with Gasteiger partial charge in [-0.05, 0) is 0 Å². The summed E-state index contributed by atoms with van der Waals surface area (Å²) in [6.07, 6.45) is -2.23. The predicted molar refractivity (Wildman–Crippen MR) is 30.9 cm³/mol. The number of alkyl halides is 1. The molecule has 0 aromatic rings. The van der Waals surface area contributed by atoms with Crippen LogP contribution in [-0.2, 0) is 9.47 Å². The summed E-state index contributed by atoms with van der Waals surface area (Å²) in [5.74, 6) is -0.888. The molecule has 0 aromatic carbocycles. The molecule has 1 fully saturated rings. The van der Waals surface area contributed by atoms with Crippen LogP contribution in [0, 0.1) is 0 Å². The van der Waals surface area contributed by atoms with Gasteiger partial charge in [-0.15, -0.1) is 0 Å². The quantitative estimate of drug-likeness (QED) is 0.468. The Morgan fingerprint density at radius 1 is 1.55 bits per heavy atom. The zero-order chi connectivity index (χ0) is 8.27. The topological polar surface area (TPSA) is 21.8 Å². The van der Waals surface area contributed by atoms with Gasteiger partial charge < -0.3 is 9.47 Å². The molecular formula is C6H7F3O2. The van der Waals surface area contributed by atoms with E-state index in [1.54, 1.807) is 0 Å². The first kappa shape index (κ1) is 8.39. The first-order chi connectivity index (χ1) is 5.24. The van der Waals surface area contributed by atoms with Crippen molar-refractivity contribution in [3.8, 4) is 0 Å². The normalized spacial score (nSPS) is 21.2. The molecule has 0 radical (unpaired) electrons. The van der Waals surface area contributed by atoms with E-state index < -0.39 is 18.5 Å². The second-order valence-electron chi connectivity index (χ2n) is 2.08. The molecule has 2 nitrogen and oxygen atoms in total. The third-order valence-electron chi connectivity index (χ3n) is 1.18. The standard InChI is InChI=1S/C6H7F3O2/c7-1-5(6(8)9)11-3-4-2-10-4/h4H,1-3H2. The molecule has 64 valence electrons. The molecule has 5 heteroatoms. The number of hydrogen-bond acceptors (Lipinski definition) is 2. The monoisotopic (exact) mass is 168 g/mol. The van der Waals surface area contributed by atoms with E-state index >= 15 is 0 Å². The van der Waals surface area contributed by atoms with Gasteiger partial charge in [0.2, 0.25) is 0 Å². The van der Waals surface area contributed by atoms with Crippen molar-refractivity contribution in [1.29, 1.82) is 0 Å². The average Bonchev–Trinajstić information content (AvgIpc) is 2.72. The van der Waals surface area contributed by atoms with Gasteiger partial charge in [-0.2, -0.15) is 8.78 Å². The van der Waals surface area contributed by atoms with Gasteiger partial charge in [-0.3, -0.25) is 0 Å². The van der Waals surface area contributed by atoms with Crippen LogP contribution in [0.15, 0.2) is 11.8 Å². The van der Waals surface area contributed by atoms with Crippen molar-refractivity contribution in [2.24, 2.45) is 0 Å². The third kappa shape index (κ3) is 2.80. The minimum atomic E-state index is -2.10. The summed E-state index contributed by atoms with van der Waals surface area (Å²) in [5, 5.41) is 0. The van der Waals surface area contributed by atoms with Crippen LogP contribution in [-0.4, -0.2) is 26.0 Å². The molecule has 0 bridgehead atoms. The number of rotatable bonds is 4. The number of epoxide rings is 1. The minimum absolute atomic E-state index is 0.0105. The fourth-order valence-electron chi connectivity index (χ4n) is 0.501. The molecule has 0 aromatic heterocycles. The van der Waals surface area contributed by atoms with E-state index in [4.69, 9.17) is 0 Å². The van der Waals surface area contributed by atoms with Crippen molar-refractivity contribution in [2.75, 3.05) is 19.9 Å². The highest BCUT2D eigenvalue weighted by Gasteiger charge is 2.24. The third-order valence-corrected chi connectivity index (χ3v) is 1.18. The molecule has 1 heterocycles. The molecule has 1 aliphatic heterocycles. The van der Waals surface area contributed by atoms with E-state index in [2.05, 4.69) is 9.47 Å². The highest BCUT2D eigenvalue weighted by Crippen LogP contribution is 2.14. The lowest BCUT2D eigenvalue weighted by Gasteiger charge is -2.02. The largest absolute Gasteiger partial charge is 0.487 e. The maximum Gasteiger partial charge on any atom is 0.310 e.